The Balaban J connectivity index is 2.31. The third-order valence-corrected chi connectivity index (χ3v) is 4.68. The number of rotatable bonds is 6. The highest BCUT2D eigenvalue weighted by Gasteiger charge is 2.21. The van der Waals surface area contributed by atoms with E-state index in [4.69, 9.17) is 0 Å². The molecule has 1 rings (SSSR count). The molecule has 1 fully saturated rings. The summed E-state index contributed by atoms with van der Waals surface area (Å²) in [5, 5.41) is 6.87. The third-order valence-electron chi connectivity index (χ3n) is 3.31. The van der Waals surface area contributed by atoms with E-state index in [1.807, 2.05) is 18.8 Å². The first-order valence-corrected chi connectivity index (χ1v) is 8.60. The first kappa shape index (κ1) is 17.1. The Morgan fingerprint density at radius 3 is 2.80 bits per heavy atom. The Morgan fingerprint density at radius 2 is 2.15 bits per heavy atom. The molecule has 0 aromatic heterocycles. The second kappa shape index (κ2) is 9.91. The lowest BCUT2D eigenvalue weighted by atomic mass is 10.3. The maximum Gasteiger partial charge on any atom is 0.221 e. The zero-order chi connectivity index (χ0) is 14.8. The van der Waals surface area contributed by atoms with E-state index in [-0.39, 0.29) is 5.91 Å². The predicted molar refractivity (Wildman–Crippen MR) is 87.4 cm³/mol. The first-order valence-electron chi connectivity index (χ1n) is 7.55. The van der Waals surface area contributed by atoms with Crippen LogP contribution in [0.5, 0.6) is 0 Å². The molecule has 1 heterocycles. The van der Waals surface area contributed by atoms with E-state index in [0.717, 1.165) is 37.8 Å². The molecule has 1 aliphatic heterocycles. The molecule has 6 heteroatoms. The molecule has 1 aliphatic rings. The van der Waals surface area contributed by atoms with Crippen molar-refractivity contribution in [3.63, 3.8) is 0 Å². The Morgan fingerprint density at radius 1 is 1.35 bits per heavy atom. The molecule has 0 spiro atoms. The lowest BCUT2D eigenvalue weighted by Gasteiger charge is -2.34. The molecule has 1 atom stereocenters. The fraction of sp³-hybridized carbons (Fsp3) is 0.857. The number of carbonyl (C=O) groups excluding carboxylic acids is 1. The number of carbonyl (C=O) groups is 1. The minimum Gasteiger partial charge on any atom is -0.356 e. The highest BCUT2D eigenvalue weighted by Crippen LogP contribution is 2.20. The van der Waals surface area contributed by atoms with Gasteiger partial charge in [-0.25, -0.2) is 0 Å². The van der Waals surface area contributed by atoms with E-state index < -0.39 is 0 Å². The minimum atomic E-state index is 0.107. The van der Waals surface area contributed by atoms with Gasteiger partial charge in [0.25, 0.3) is 0 Å². The SMILES string of the molecule is CCCNC(=O)CCNC(=NC)N1CCSC(CC)C1. The monoisotopic (exact) mass is 300 g/mol. The van der Waals surface area contributed by atoms with Gasteiger partial charge in [0.15, 0.2) is 5.96 Å². The number of thioether (sulfide) groups is 1. The van der Waals surface area contributed by atoms with Gasteiger partial charge in [-0.3, -0.25) is 9.79 Å². The van der Waals surface area contributed by atoms with E-state index in [0.29, 0.717) is 18.2 Å². The molecule has 2 N–H and O–H groups in total. The van der Waals surface area contributed by atoms with Crippen molar-refractivity contribution < 1.29 is 4.79 Å². The van der Waals surface area contributed by atoms with Gasteiger partial charge in [0.05, 0.1) is 0 Å². The summed E-state index contributed by atoms with van der Waals surface area (Å²) in [6, 6.07) is 0. The van der Waals surface area contributed by atoms with Crippen LogP contribution in [0.3, 0.4) is 0 Å². The Bertz CT molecular complexity index is 322. The van der Waals surface area contributed by atoms with Crippen LogP contribution >= 0.6 is 11.8 Å². The van der Waals surface area contributed by atoms with Crippen molar-refractivity contribution in [1.29, 1.82) is 0 Å². The number of nitrogens with zero attached hydrogens (tertiary/aromatic N) is 2. The molecule has 0 aromatic carbocycles. The maximum atomic E-state index is 11.5. The van der Waals surface area contributed by atoms with Gasteiger partial charge >= 0.3 is 0 Å². The quantitative estimate of drug-likeness (QED) is 0.573. The van der Waals surface area contributed by atoms with Crippen LogP contribution in [-0.2, 0) is 4.79 Å². The Kier molecular flexibility index (Phi) is 8.49. The topological polar surface area (TPSA) is 56.7 Å². The average molecular weight is 300 g/mol. The predicted octanol–water partition coefficient (Wildman–Crippen LogP) is 1.31. The molecule has 1 amide bonds. The summed E-state index contributed by atoms with van der Waals surface area (Å²) in [5.41, 5.74) is 0. The normalized spacial score (nSPS) is 19.9. The molecular weight excluding hydrogens is 272 g/mol. The van der Waals surface area contributed by atoms with E-state index in [2.05, 4.69) is 34.4 Å². The van der Waals surface area contributed by atoms with Crippen LogP contribution in [0.2, 0.25) is 0 Å². The molecular formula is C14H28N4OS. The van der Waals surface area contributed by atoms with Crippen molar-refractivity contribution in [2.45, 2.75) is 38.4 Å². The zero-order valence-corrected chi connectivity index (χ0v) is 13.8. The smallest absolute Gasteiger partial charge is 0.221 e. The lowest BCUT2D eigenvalue weighted by molar-refractivity contribution is -0.120. The van der Waals surface area contributed by atoms with Gasteiger partial charge < -0.3 is 15.5 Å². The van der Waals surface area contributed by atoms with Crippen LogP contribution in [0.1, 0.15) is 33.1 Å². The molecule has 20 heavy (non-hydrogen) atoms. The van der Waals surface area contributed by atoms with Gasteiger partial charge in [-0.2, -0.15) is 11.8 Å². The number of nitrogens with one attached hydrogen (secondary N) is 2. The number of aliphatic imine (C=N–C) groups is 1. The summed E-state index contributed by atoms with van der Waals surface area (Å²) in [5.74, 6) is 2.18. The molecule has 116 valence electrons. The van der Waals surface area contributed by atoms with Crippen molar-refractivity contribution >= 4 is 23.6 Å². The van der Waals surface area contributed by atoms with Crippen LogP contribution in [0.15, 0.2) is 4.99 Å². The van der Waals surface area contributed by atoms with Gasteiger partial charge in [-0.15, -0.1) is 0 Å². The Hall–Kier alpha value is -0.910. The lowest BCUT2D eigenvalue weighted by Crippen LogP contribution is -2.48. The Labute approximate surface area is 127 Å². The highest BCUT2D eigenvalue weighted by molar-refractivity contribution is 8.00. The van der Waals surface area contributed by atoms with Gasteiger partial charge in [-0.05, 0) is 12.8 Å². The van der Waals surface area contributed by atoms with Crippen LogP contribution < -0.4 is 10.6 Å². The van der Waals surface area contributed by atoms with E-state index in [9.17, 15) is 4.79 Å². The minimum absolute atomic E-state index is 0.107. The van der Waals surface area contributed by atoms with Crippen molar-refractivity contribution in [3.8, 4) is 0 Å². The molecule has 1 unspecified atom stereocenters. The number of amides is 1. The van der Waals surface area contributed by atoms with Crippen LogP contribution in [0.4, 0.5) is 0 Å². The van der Waals surface area contributed by atoms with E-state index in [1.54, 1.807) is 0 Å². The first-order chi connectivity index (χ1) is 9.71. The van der Waals surface area contributed by atoms with Crippen LogP contribution in [0.25, 0.3) is 0 Å². The number of hydrogen-bond donors (Lipinski definition) is 2. The molecule has 0 radical (unpaired) electrons. The summed E-state index contributed by atoms with van der Waals surface area (Å²) in [7, 11) is 1.81. The summed E-state index contributed by atoms with van der Waals surface area (Å²) >= 11 is 2.04. The number of guanidine groups is 1. The van der Waals surface area contributed by atoms with Crippen molar-refractivity contribution in [3.05, 3.63) is 0 Å². The van der Waals surface area contributed by atoms with Crippen LogP contribution in [-0.4, -0.2) is 61.0 Å². The summed E-state index contributed by atoms with van der Waals surface area (Å²) in [4.78, 5) is 18.2. The molecule has 0 bridgehead atoms. The van der Waals surface area contributed by atoms with Crippen molar-refractivity contribution in [1.82, 2.24) is 15.5 Å². The largest absolute Gasteiger partial charge is 0.356 e. The molecule has 1 saturated heterocycles. The van der Waals surface area contributed by atoms with E-state index >= 15 is 0 Å². The van der Waals surface area contributed by atoms with Gasteiger partial charge in [0.2, 0.25) is 5.91 Å². The van der Waals surface area contributed by atoms with Crippen molar-refractivity contribution in [2.24, 2.45) is 4.99 Å². The fourth-order valence-corrected chi connectivity index (χ4v) is 3.31. The second-order valence-corrected chi connectivity index (χ2v) is 6.33. The number of hydrogen-bond acceptors (Lipinski definition) is 3. The standard InChI is InChI=1S/C14H28N4OS/c1-4-7-16-13(19)6-8-17-14(15-3)18-9-10-20-12(5-2)11-18/h12H,4-11H2,1-3H3,(H,15,17)(H,16,19). The third kappa shape index (κ3) is 6.03. The van der Waals surface area contributed by atoms with Gasteiger partial charge in [0, 0.05) is 50.7 Å². The summed E-state index contributed by atoms with van der Waals surface area (Å²) in [6.45, 7) is 7.76. The fourth-order valence-electron chi connectivity index (χ4n) is 2.13. The van der Waals surface area contributed by atoms with Gasteiger partial charge in [0.1, 0.15) is 0 Å². The average Bonchev–Trinajstić information content (AvgIpc) is 2.49. The molecule has 0 aromatic rings. The van der Waals surface area contributed by atoms with E-state index in [1.165, 1.54) is 6.42 Å². The maximum absolute atomic E-state index is 11.5. The molecule has 0 saturated carbocycles. The van der Waals surface area contributed by atoms with Gasteiger partial charge in [-0.1, -0.05) is 13.8 Å². The van der Waals surface area contributed by atoms with Crippen LogP contribution in [0, 0.1) is 0 Å². The highest BCUT2D eigenvalue weighted by atomic mass is 32.2. The van der Waals surface area contributed by atoms with Crippen molar-refractivity contribution in [2.75, 3.05) is 39.0 Å². The molecule has 5 nitrogen and oxygen atoms in total. The summed E-state index contributed by atoms with van der Waals surface area (Å²) < 4.78 is 0. The zero-order valence-electron chi connectivity index (χ0n) is 12.9. The molecule has 0 aliphatic carbocycles. The second-order valence-electron chi connectivity index (χ2n) is 4.92. The summed E-state index contributed by atoms with van der Waals surface area (Å²) in [6.07, 6.45) is 2.67.